The quantitative estimate of drug-likeness (QED) is 0.0547. The van der Waals surface area contributed by atoms with Gasteiger partial charge in [0.15, 0.2) is 12.6 Å². The van der Waals surface area contributed by atoms with Gasteiger partial charge in [0.1, 0.15) is 55.4 Å². The Hall–Kier alpha value is -1.62. The lowest BCUT2D eigenvalue weighted by Crippen LogP contribution is -2.63. The molecule has 2 saturated heterocycles. The summed E-state index contributed by atoms with van der Waals surface area (Å²) >= 11 is 0. The van der Waals surface area contributed by atoms with Crippen LogP contribution in [0, 0.1) is 0 Å². The number of aliphatic hydroxyl groups is 7. The summed E-state index contributed by atoms with van der Waals surface area (Å²) in [6.07, 6.45) is -15.4. The van der Waals surface area contributed by atoms with Crippen LogP contribution in [0.5, 0.6) is 0 Å². The zero-order valence-corrected chi connectivity index (χ0v) is 17.0. The molecule has 15 heteroatoms. The first kappa shape index (κ1) is 26.6. The molecule has 0 amide bonds. The van der Waals surface area contributed by atoms with Crippen molar-refractivity contribution in [3.63, 3.8) is 0 Å². The molecule has 0 spiro atoms. The highest BCUT2D eigenvalue weighted by Gasteiger charge is 2.49. The average molecular weight is 467 g/mol. The summed E-state index contributed by atoms with van der Waals surface area (Å²) in [4.78, 5) is 14.4. The van der Waals surface area contributed by atoms with E-state index < -0.39 is 80.6 Å². The van der Waals surface area contributed by atoms with E-state index in [1.807, 2.05) is 0 Å². The molecule has 0 bridgehead atoms. The van der Waals surface area contributed by atoms with Crippen molar-refractivity contribution >= 4 is 5.97 Å². The lowest BCUT2D eigenvalue weighted by Gasteiger charge is -2.44. The van der Waals surface area contributed by atoms with Gasteiger partial charge in [-0.2, -0.15) is 0 Å². The highest BCUT2D eigenvalue weighted by Crippen LogP contribution is 2.28. The van der Waals surface area contributed by atoms with Gasteiger partial charge in [0.05, 0.1) is 6.61 Å². The number of hydrogen-bond acceptors (Lipinski definition) is 13. The molecule has 10 atom stereocenters. The summed E-state index contributed by atoms with van der Waals surface area (Å²) in [5, 5.41) is 72.6. The molecule has 4 unspecified atom stereocenters. The molecule has 0 aromatic rings. The van der Waals surface area contributed by atoms with Gasteiger partial charge in [-0.1, -0.05) is 5.11 Å². The molecule has 15 nitrogen and oxygen atoms in total. The Morgan fingerprint density at radius 2 is 1.44 bits per heavy atom. The number of hydrogen-bond donors (Lipinski definition) is 7. The third kappa shape index (κ3) is 6.69. The molecule has 2 aliphatic rings. The van der Waals surface area contributed by atoms with Crippen molar-refractivity contribution in [2.75, 3.05) is 19.8 Å². The van der Waals surface area contributed by atoms with Crippen molar-refractivity contribution in [2.45, 2.75) is 80.7 Å². The molecule has 2 heterocycles. The van der Waals surface area contributed by atoms with E-state index in [0.717, 1.165) is 0 Å². The van der Waals surface area contributed by atoms with E-state index in [1.165, 1.54) is 0 Å². The van der Waals surface area contributed by atoms with E-state index in [0.29, 0.717) is 12.8 Å². The molecule has 0 aromatic heterocycles. The molecule has 184 valence electrons. The third-order valence-electron chi connectivity index (χ3n) is 5.15. The molecule has 0 aromatic carbocycles. The normalized spacial score (nSPS) is 39.8. The molecular formula is C17H29N3O12. The van der Waals surface area contributed by atoms with Crippen LogP contribution >= 0.6 is 0 Å². The fourth-order valence-corrected chi connectivity index (χ4v) is 3.22. The van der Waals surface area contributed by atoms with Crippen LogP contribution in [0.25, 0.3) is 10.4 Å². The van der Waals surface area contributed by atoms with Gasteiger partial charge in [0.25, 0.3) is 0 Å². The van der Waals surface area contributed by atoms with E-state index in [2.05, 4.69) is 10.0 Å². The smallest absolute Gasteiger partial charge is 0.305 e. The molecule has 0 saturated carbocycles. The number of esters is 1. The van der Waals surface area contributed by atoms with E-state index >= 15 is 0 Å². The van der Waals surface area contributed by atoms with Crippen LogP contribution in [0.15, 0.2) is 5.11 Å². The Balaban J connectivity index is 1.92. The zero-order chi connectivity index (χ0) is 23.8. The van der Waals surface area contributed by atoms with Crippen LogP contribution in [-0.2, 0) is 23.7 Å². The van der Waals surface area contributed by atoms with Gasteiger partial charge >= 0.3 is 5.97 Å². The minimum Gasteiger partial charge on any atom is -0.463 e. The lowest BCUT2D eigenvalue weighted by molar-refractivity contribution is -0.376. The maximum Gasteiger partial charge on any atom is 0.305 e. The number of unbranched alkanes of at least 4 members (excludes halogenated alkanes) is 1. The minimum absolute atomic E-state index is 0.0136. The molecular weight excluding hydrogens is 438 g/mol. The monoisotopic (exact) mass is 467 g/mol. The van der Waals surface area contributed by atoms with Crippen LogP contribution in [0.3, 0.4) is 0 Å². The van der Waals surface area contributed by atoms with Crippen LogP contribution < -0.4 is 0 Å². The molecule has 0 aliphatic carbocycles. The van der Waals surface area contributed by atoms with E-state index in [-0.39, 0.29) is 13.0 Å². The fourth-order valence-electron chi connectivity index (χ4n) is 3.22. The molecule has 7 N–H and O–H groups in total. The summed E-state index contributed by atoms with van der Waals surface area (Å²) in [5.74, 6) is -0.631. The Bertz CT molecular complexity index is 648. The SMILES string of the molecule is [N-]=[N+]=NCCCCC(=O)OCC1O[C@H](O[C@H]2OC(CO)[C@@H](O)C(O)[C@H]2O)C(O)[C@@H](O)[C@@H]1O. The van der Waals surface area contributed by atoms with Crippen molar-refractivity contribution in [1.82, 2.24) is 0 Å². The third-order valence-corrected chi connectivity index (χ3v) is 5.15. The molecule has 2 rings (SSSR count). The number of ether oxygens (including phenoxy) is 4. The van der Waals surface area contributed by atoms with E-state index in [1.54, 1.807) is 0 Å². The highest BCUT2D eigenvalue weighted by molar-refractivity contribution is 5.69. The average Bonchev–Trinajstić information content (AvgIpc) is 2.78. The maximum atomic E-state index is 11.8. The summed E-state index contributed by atoms with van der Waals surface area (Å²) in [6, 6.07) is 0. The van der Waals surface area contributed by atoms with Crippen molar-refractivity contribution in [2.24, 2.45) is 5.11 Å². The number of aliphatic hydroxyl groups excluding tert-OH is 7. The second-order valence-corrected chi connectivity index (χ2v) is 7.44. The second-order valence-electron chi connectivity index (χ2n) is 7.44. The molecule has 32 heavy (non-hydrogen) atoms. The Labute approximate surface area is 182 Å². The maximum absolute atomic E-state index is 11.8. The van der Waals surface area contributed by atoms with Crippen LogP contribution in [-0.4, -0.2) is 123 Å². The number of carbonyl (C=O) groups excluding carboxylic acids is 1. The number of carbonyl (C=O) groups is 1. The first-order valence-corrected chi connectivity index (χ1v) is 10.0. The van der Waals surface area contributed by atoms with Crippen molar-refractivity contribution < 1.29 is 59.5 Å². The second kappa shape index (κ2) is 12.6. The number of azide groups is 1. The van der Waals surface area contributed by atoms with Gasteiger partial charge in [-0.05, 0) is 18.4 Å². The van der Waals surface area contributed by atoms with E-state index in [4.69, 9.17) is 24.5 Å². The summed E-state index contributed by atoms with van der Waals surface area (Å²) in [6.45, 7) is -0.967. The summed E-state index contributed by atoms with van der Waals surface area (Å²) in [7, 11) is 0. The van der Waals surface area contributed by atoms with Crippen LogP contribution in [0.2, 0.25) is 0 Å². The van der Waals surface area contributed by atoms with Crippen LogP contribution in [0.1, 0.15) is 19.3 Å². The summed E-state index contributed by atoms with van der Waals surface area (Å²) < 4.78 is 20.8. The number of rotatable bonds is 10. The van der Waals surface area contributed by atoms with Gasteiger partial charge in [0.2, 0.25) is 0 Å². The van der Waals surface area contributed by atoms with Crippen molar-refractivity contribution in [3.8, 4) is 0 Å². The van der Waals surface area contributed by atoms with E-state index in [9.17, 15) is 40.5 Å². The van der Waals surface area contributed by atoms with Gasteiger partial charge in [-0.15, -0.1) is 0 Å². The topological polar surface area (TPSA) is 244 Å². The standard InChI is InChI=1S/C17H29N3O12/c18-20-19-4-2-1-3-9(22)29-6-8-11(24)13(26)15(28)17(31-8)32-16-14(27)12(25)10(23)7(5-21)30-16/h7-8,10-17,21,23-28H,1-6H2/t7?,8?,10-,11-,12?,13+,14-,15?,16-,17-/m1/s1. The first-order chi connectivity index (χ1) is 15.2. The Morgan fingerprint density at radius 1 is 0.875 bits per heavy atom. The van der Waals surface area contributed by atoms with Crippen LogP contribution in [0.4, 0.5) is 0 Å². The highest BCUT2D eigenvalue weighted by atomic mass is 16.8. The predicted molar refractivity (Wildman–Crippen MR) is 100 cm³/mol. The van der Waals surface area contributed by atoms with Gasteiger partial charge in [-0.3, -0.25) is 4.79 Å². The fraction of sp³-hybridized carbons (Fsp3) is 0.941. The van der Waals surface area contributed by atoms with Gasteiger partial charge in [0, 0.05) is 17.9 Å². The van der Waals surface area contributed by atoms with Crippen molar-refractivity contribution in [3.05, 3.63) is 10.4 Å². The molecule has 2 aliphatic heterocycles. The van der Waals surface area contributed by atoms with Gasteiger partial charge < -0.3 is 54.7 Å². The Morgan fingerprint density at radius 3 is 2.00 bits per heavy atom. The molecule has 0 radical (unpaired) electrons. The Kier molecular flexibility index (Phi) is 10.5. The zero-order valence-electron chi connectivity index (χ0n) is 17.0. The largest absolute Gasteiger partial charge is 0.463 e. The summed E-state index contributed by atoms with van der Waals surface area (Å²) in [5.41, 5.74) is 8.18. The first-order valence-electron chi connectivity index (χ1n) is 10.0. The minimum atomic E-state index is -1.80. The molecule has 2 fully saturated rings. The number of nitrogens with zero attached hydrogens (tertiary/aromatic N) is 3. The van der Waals surface area contributed by atoms with Gasteiger partial charge in [-0.25, -0.2) is 0 Å². The van der Waals surface area contributed by atoms with Crippen molar-refractivity contribution in [1.29, 1.82) is 0 Å². The lowest BCUT2D eigenvalue weighted by atomic mass is 9.98. The predicted octanol–water partition coefficient (Wildman–Crippen LogP) is -3.37.